The van der Waals surface area contributed by atoms with Crippen molar-refractivity contribution in [3.63, 3.8) is 0 Å². The smallest absolute Gasteiger partial charge is 0.189 e. The molecule has 0 spiro atoms. The maximum absolute atomic E-state index is 12.8. The lowest BCUT2D eigenvalue weighted by atomic mass is 10.0. The lowest BCUT2D eigenvalue weighted by Gasteiger charge is -2.05. The number of aromatic amines is 1. The maximum atomic E-state index is 12.8. The van der Waals surface area contributed by atoms with Gasteiger partial charge in [-0.15, -0.1) is 0 Å². The summed E-state index contributed by atoms with van der Waals surface area (Å²) in [6.07, 6.45) is 3.06. The first-order valence-corrected chi connectivity index (χ1v) is 9.04. The van der Waals surface area contributed by atoms with Crippen molar-refractivity contribution in [2.45, 2.75) is 20.3 Å². The number of hydrogen-bond donors (Lipinski definition) is 1. The van der Waals surface area contributed by atoms with Gasteiger partial charge >= 0.3 is 0 Å². The number of ether oxygens (including phenoxy) is 1. The number of benzene rings is 2. The van der Waals surface area contributed by atoms with Crippen molar-refractivity contribution in [1.29, 1.82) is 0 Å². The van der Waals surface area contributed by atoms with E-state index in [-0.39, 0.29) is 5.78 Å². The minimum Gasteiger partial charge on any atom is -0.496 e. The molecule has 1 aliphatic rings. The predicted octanol–water partition coefficient (Wildman–Crippen LogP) is 4.34. The standard InChI is InChI=1S/C23H20N2O3/c1-13-4-5-15(6-14(13)2)21-10-19(24-25-21)9-17-7-16-8-18(12-26)22(28-3)11-20(16)23(17)27/h4-6,8-12H,7H2,1-3H3,(H,24,25)/b17-9+. The molecule has 0 saturated heterocycles. The Balaban J connectivity index is 1.65. The zero-order valence-corrected chi connectivity index (χ0v) is 16.0. The third-order valence-corrected chi connectivity index (χ3v) is 5.23. The molecule has 0 radical (unpaired) electrons. The molecular weight excluding hydrogens is 352 g/mol. The van der Waals surface area contributed by atoms with Crippen molar-refractivity contribution in [1.82, 2.24) is 10.2 Å². The van der Waals surface area contributed by atoms with Crippen LogP contribution in [0.3, 0.4) is 0 Å². The Hall–Kier alpha value is -3.47. The number of H-pyrrole nitrogens is 1. The van der Waals surface area contributed by atoms with Gasteiger partial charge in [-0.2, -0.15) is 5.10 Å². The van der Waals surface area contributed by atoms with E-state index in [0.29, 0.717) is 28.9 Å². The summed E-state index contributed by atoms with van der Waals surface area (Å²) in [6, 6.07) is 11.5. The number of nitrogens with zero attached hydrogens (tertiary/aromatic N) is 1. The number of carbonyl (C=O) groups is 2. The lowest BCUT2D eigenvalue weighted by molar-refractivity contribution is 0.103. The Morgan fingerprint density at radius 1 is 1.11 bits per heavy atom. The largest absolute Gasteiger partial charge is 0.496 e. The van der Waals surface area contributed by atoms with Gasteiger partial charge in [-0.3, -0.25) is 14.7 Å². The molecule has 4 rings (SSSR count). The highest BCUT2D eigenvalue weighted by Gasteiger charge is 2.27. The highest BCUT2D eigenvalue weighted by atomic mass is 16.5. The Bertz CT molecular complexity index is 1140. The third kappa shape index (κ3) is 3.05. The number of nitrogens with one attached hydrogen (secondary N) is 1. The van der Waals surface area contributed by atoms with E-state index in [2.05, 4.69) is 36.2 Å². The summed E-state index contributed by atoms with van der Waals surface area (Å²) in [5, 5.41) is 7.38. The van der Waals surface area contributed by atoms with Crippen LogP contribution in [0, 0.1) is 13.8 Å². The minimum absolute atomic E-state index is 0.0481. The Morgan fingerprint density at radius 3 is 2.64 bits per heavy atom. The molecule has 1 aliphatic carbocycles. The summed E-state index contributed by atoms with van der Waals surface area (Å²) < 4.78 is 5.21. The zero-order chi connectivity index (χ0) is 19.8. The minimum atomic E-state index is -0.0481. The van der Waals surface area contributed by atoms with E-state index < -0.39 is 0 Å². The molecular formula is C23H20N2O3. The summed E-state index contributed by atoms with van der Waals surface area (Å²) >= 11 is 0. The molecule has 140 valence electrons. The van der Waals surface area contributed by atoms with Gasteiger partial charge in [0, 0.05) is 23.1 Å². The number of hydrogen-bond acceptors (Lipinski definition) is 4. The van der Waals surface area contributed by atoms with Gasteiger partial charge in [0.1, 0.15) is 5.75 Å². The number of rotatable bonds is 4. The Kier molecular flexibility index (Phi) is 4.43. The first-order valence-electron chi connectivity index (χ1n) is 9.04. The third-order valence-electron chi connectivity index (χ3n) is 5.23. The summed E-state index contributed by atoms with van der Waals surface area (Å²) in [5.74, 6) is 0.370. The van der Waals surface area contributed by atoms with Crippen molar-refractivity contribution in [3.05, 3.63) is 75.5 Å². The lowest BCUT2D eigenvalue weighted by Crippen LogP contribution is -1.98. The van der Waals surface area contributed by atoms with Gasteiger partial charge in [-0.25, -0.2) is 0 Å². The Morgan fingerprint density at radius 2 is 1.93 bits per heavy atom. The van der Waals surface area contributed by atoms with E-state index in [4.69, 9.17) is 4.74 Å². The molecule has 0 unspecified atom stereocenters. The van der Waals surface area contributed by atoms with E-state index >= 15 is 0 Å². The molecule has 28 heavy (non-hydrogen) atoms. The summed E-state index contributed by atoms with van der Waals surface area (Å²) in [4.78, 5) is 24.0. The second-order valence-electron chi connectivity index (χ2n) is 7.05. The first-order chi connectivity index (χ1) is 13.5. The van der Waals surface area contributed by atoms with Crippen LogP contribution in [0.4, 0.5) is 0 Å². The summed E-state index contributed by atoms with van der Waals surface area (Å²) in [5.41, 5.74) is 7.63. The molecule has 0 amide bonds. The molecule has 5 nitrogen and oxygen atoms in total. The van der Waals surface area contributed by atoms with Crippen LogP contribution < -0.4 is 4.74 Å². The highest BCUT2D eigenvalue weighted by Crippen LogP contribution is 2.33. The highest BCUT2D eigenvalue weighted by molar-refractivity contribution is 6.16. The zero-order valence-electron chi connectivity index (χ0n) is 16.0. The topological polar surface area (TPSA) is 72.0 Å². The molecule has 2 aromatic carbocycles. The first kappa shape index (κ1) is 17.9. The normalized spacial score (nSPS) is 14.4. The van der Waals surface area contributed by atoms with E-state index in [9.17, 15) is 9.59 Å². The number of aryl methyl sites for hydroxylation is 2. The number of fused-ring (bicyclic) bond motifs is 1. The van der Waals surface area contributed by atoms with Gasteiger partial charge in [0.2, 0.25) is 0 Å². The van der Waals surface area contributed by atoms with E-state index in [0.717, 1.165) is 28.8 Å². The number of carbonyl (C=O) groups excluding carboxylic acids is 2. The average molecular weight is 372 g/mol. The Labute approximate surface area is 163 Å². The number of aromatic nitrogens is 2. The van der Waals surface area contributed by atoms with Gasteiger partial charge in [0.05, 0.1) is 24.1 Å². The molecule has 1 aromatic heterocycles. The van der Waals surface area contributed by atoms with Gasteiger partial charge in [0.25, 0.3) is 0 Å². The number of Topliss-reactive ketones (excluding diaryl/α,β-unsaturated/α-hetero) is 1. The summed E-state index contributed by atoms with van der Waals surface area (Å²) in [6.45, 7) is 4.15. The van der Waals surface area contributed by atoms with Crippen molar-refractivity contribution >= 4 is 18.1 Å². The van der Waals surface area contributed by atoms with Crippen molar-refractivity contribution < 1.29 is 14.3 Å². The predicted molar refractivity (Wildman–Crippen MR) is 108 cm³/mol. The van der Waals surface area contributed by atoms with Crippen LogP contribution in [0.1, 0.15) is 43.1 Å². The SMILES string of the molecule is COc1cc2c(cc1C=O)C/C(=C\c1cc(-c3ccc(C)c(C)c3)n[nH]1)C2=O. The van der Waals surface area contributed by atoms with E-state index in [1.165, 1.54) is 18.2 Å². The van der Waals surface area contributed by atoms with Crippen LogP contribution in [0.25, 0.3) is 17.3 Å². The molecule has 1 heterocycles. The number of ketones is 1. The number of methoxy groups -OCH3 is 1. The van der Waals surface area contributed by atoms with Crippen LogP contribution in [-0.4, -0.2) is 29.4 Å². The van der Waals surface area contributed by atoms with Gasteiger partial charge < -0.3 is 4.74 Å². The molecule has 0 atom stereocenters. The van der Waals surface area contributed by atoms with Crippen LogP contribution in [0.15, 0.2) is 42.0 Å². The van der Waals surface area contributed by atoms with Crippen LogP contribution in [0.5, 0.6) is 5.75 Å². The number of allylic oxidation sites excluding steroid dienone is 1. The molecule has 0 fully saturated rings. The van der Waals surface area contributed by atoms with Crippen molar-refractivity contribution in [2.24, 2.45) is 0 Å². The fraction of sp³-hybridized carbons (Fsp3) is 0.174. The molecule has 0 saturated carbocycles. The van der Waals surface area contributed by atoms with Crippen LogP contribution >= 0.6 is 0 Å². The molecule has 1 N–H and O–H groups in total. The van der Waals surface area contributed by atoms with E-state index in [1.807, 2.05) is 18.2 Å². The molecule has 0 bridgehead atoms. The van der Waals surface area contributed by atoms with E-state index in [1.54, 1.807) is 12.1 Å². The van der Waals surface area contributed by atoms with Crippen molar-refractivity contribution in [3.8, 4) is 17.0 Å². The van der Waals surface area contributed by atoms with Crippen LogP contribution in [0.2, 0.25) is 0 Å². The fourth-order valence-electron chi connectivity index (χ4n) is 3.49. The second kappa shape index (κ2) is 6.93. The van der Waals surface area contributed by atoms with Crippen LogP contribution in [-0.2, 0) is 6.42 Å². The van der Waals surface area contributed by atoms with Gasteiger partial charge in [-0.05, 0) is 60.9 Å². The van der Waals surface area contributed by atoms with Crippen molar-refractivity contribution in [2.75, 3.05) is 7.11 Å². The molecule has 3 aromatic rings. The second-order valence-corrected chi connectivity index (χ2v) is 7.05. The number of aldehydes is 1. The fourth-order valence-corrected chi connectivity index (χ4v) is 3.49. The van der Waals surface area contributed by atoms with Gasteiger partial charge in [0.15, 0.2) is 12.1 Å². The van der Waals surface area contributed by atoms with Gasteiger partial charge in [-0.1, -0.05) is 12.1 Å². The summed E-state index contributed by atoms with van der Waals surface area (Å²) in [7, 11) is 1.49. The molecule has 5 heteroatoms. The maximum Gasteiger partial charge on any atom is 0.189 e. The molecule has 0 aliphatic heterocycles. The average Bonchev–Trinajstić information content (AvgIpc) is 3.28. The quantitative estimate of drug-likeness (QED) is 0.546. The monoisotopic (exact) mass is 372 g/mol.